The number of fused-ring (bicyclic) bond motifs is 1. The van der Waals surface area contributed by atoms with E-state index in [-0.39, 0.29) is 5.02 Å². The standard InChI is InChI=1S/C18H15ClFNO/c1-22-18-9-6-12(14-4-2-3-5-15(14)18)11-21-13-7-8-17(20)16(19)10-13/h2-10,21H,11H2,1H3. The molecule has 4 heteroatoms. The molecule has 0 atom stereocenters. The molecule has 0 radical (unpaired) electrons. The molecule has 0 fully saturated rings. The van der Waals surface area contributed by atoms with Crippen molar-refractivity contribution in [1.82, 2.24) is 0 Å². The topological polar surface area (TPSA) is 21.3 Å². The second kappa shape index (κ2) is 6.24. The molecule has 0 spiro atoms. The quantitative estimate of drug-likeness (QED) is 0.709. The number of nitrogens with one attached hydrogen (secondary N) is 1. The molecular formula is C18H15ClFNO. The zero-order chi connectivity index (χ0) is 15.5. The van der Waals surface area contributed by atoms with Crippen LogP contribution in [0.25, 0.3) is 10.8 Å². The van der Waals surface area contributed by atoms with Gasteiger partial charge >= 0.3 is 0 Å². The van der Waals surface area contributed by atoms with Crippen LogP contribution in [-0.2, 0) is 6.54 Å². The molecule has 0 aromatic heterocycles. The van der Waals surface area contributed by atoms with E-state index in [2.05, 4.69) is 11.4 Å². The van der Waals surface area contributed by atoms with Gasteiger partial charge in [0.1, 0.15) is 11.6 Å². The fourth-order valence-electron chi connectivity index (χ4n) is 2.47. The lowest BCUT2D eigenvalue weighted by Crippen LogP contribution is -2.01. The highest BCUT2D eigenvalue weighted by Crippen LogP contribution is 2.29. The van der Waals surface area contributed by atoms with Gasteiger partial charge in [-0.1, -0.05) is 41.9 Å². The first-order chi connectivity index (χ1) is 10.7. The second-order valence-corrected chi connectivity index (χ2v) is 5.36. The second-order valence-electron chi connectivity index (χ2n) is 4.95. The predicted molar refractivity (Wildman–Crippen MR) is 89.2 cm³/mol. The Morgan fingerprint density at radius 1 is 1.05 bits per heavy atom. The van der Waals surface area contributed by atoms with Crippen LogP contribution in [0.15, 0.2) is 54.6 Å². The first-order valence-corrected chi connectivity index (χ1v) is 7.30. The van der Waals surface area contributed by atoms with E-state index < -0.39 is 5.82 Å². The predicted octanol–water partition coefficient (Wildman–Crippen LogP) is 5.25. The van der Waals surface area contributed by atoms with Gasteiger partial charge in [-0.2, -0.15) is 0 Å². The Morgan fingerprint density at radius 2 is 1.82 bits per heavy atom. The van der Waals surface area contributed by atoms with Gasteiger partial charge in [-0.15, -0.1) is 0 Å². The summed E-state index contributed by atoms with van der Waals surface area (Å²) in [5, 5.41) is 5.58. The number of ether oxygens (including phenoxy) is 1. The molecule has 3 rings (SSSR count). The van der Waals surface area contributed by atoms with Crippen molar-refractivity contribution in [2.24, 2.45) is 0 Å². The summed E-state index contributed by atoms with van der Waals surface area (Å²) < 4.78 is 18.6. The number of anilines is 1. The van der Waals surface area contributed by atoms with Crippen LogP contribution in [0.5, 0.6) is 5.75 Å². The molecule has 3 aromatic carbocycles. The molecule has 0 saturated heterocycles. The third-order valence-electron chi connectivity index (χ3n) is 3.60. The Labute approximate surface area is 133 Å². The zero-order valence-corrected chi connectivity index (χ0v) is 12.8. The molecule has 0 amide bonds. The van der Waals surface area contributed by atoms with Crippen molar-refractivity contribution in [3.8, 4) is 5.75 Å². The molecule has 0 unspecified atom stereocenters. The number of methoxy groups -OCH3 is 1. The summed E-state index contributed by atoms with van der Waals surface area (Å²) in [4.78, 5) is 0. The van der Waals surface area contributed by atoms with Crippen molar-refractivity contribution >= 4 is 28.1 Å². The number of rotatable bonds is 4. The van der Waals surface area contributed by atoms with Crippen molar-refractivity contribution in [1.29, 1.82) is 0 Å². The maximum absolute atomic E-state index is 13.2. The summed E-state index contributed by atoms with van der Waals surface area (Å²) in [6, 6.07) is 16.7. The van der Waals surface area contributed by atoms with E-state index in [1.807, 2.05) is 30.3 Å². The van der Waals surface area contributed by atoms with Crippen LogP contribution in [0.3, 0.4) is 0 Å². The third kappa shape index (κ3) is 2.85. The van der Waals surface area contributed by atoms with Gasteiger partial charge in [0.25, 0.3) is 0 Å². The van der Waals surface area contributed by atoms with Gasteiger partial charge in [-0.25, -0.2) is 4.39 Å². The fraction of sp³-hybridized carbons (Fsp3) is 0.111. The van der Waals surface area contributed by atoms with Crippen molar-refractivity contribution < 1.29 is 9.13 Å². The summed E-state index contributed by atoms with van der Waals surface area (Å²) in [6.07, 6.45) is 0. The average molecular weight is 316 g/mol. The number of hydrogen-bond acceptors (Lipinski definition) is 2. The Morgan fingerprint density at radius 3 is 2.55 bits per heavy atom. The Kier molecular flexibility index (Phi) is 4.16. The summed E-state index contributed by atoms with van der Waals surface area (Å²) in [6.45, 7) is 0.618. The van der Waals surface area contributed by atoms with E-state index in [1.54, 1.807) is 19.2 Å². The lowest BCUT2D eigenvalue weighted by molar-refractivity contribution is 0.419. The molecule has 3 aromatic rings. The van der Waals surface area contributed by atoms with Gasteiger partial charge in [-0.05, 0) is 35.2 Å². The van der Waals surface area contributed by atoms with E-state index in [0.29, 0.717) is 6.54 Å². The number of hydrogen-bond donors (Lipinski definition) is 1. The third-order valence-corrected chi connectivity index (χ3v) is 3.89. The summed E-state index contributed by atoms with van der Waals surface area (Å²) >= 11 is 5.80. The van der Waals surface area contributed by atoms with Gasteiger partial charge in [0.05, 0.1) is 12.1 Å². The van der Waals surface area contributed by atoms with Gasteiger partial charge < -0.3 is 10.1 Å². The van der Waals surface area contributed by atoms with E-state index in [9.17, 15) is 4.39 Å². The van der Waals surface area contributed by atoms with Crippen LogP contribution in [0.1, 0.15) is 5.56 Å². The van der Waals surface area contributed by atoms with Crippen molar-refractivity contribution in [3.63, 3.8) is 0 Å². The highest BCUT2D eigenvalue weighted by Gasteiger charge is 2.06. The molecule has 2 nitrogen and oxygen atoms in total. The van der Waals surface area contributed by atoms with Crippen LogP contribution in [0.2, 0.25) is 5.02 Å². The smallest absolute Gasteiger partial charge is 0.141 e. The van der Waals surface area contributed by atoms with Crippen LogP contribution < -0.4 is 10.1 Å². The summed E-state index contributed by atoms with van der Waals surface area (Å²) in [5.41, 5.74) is 1.92. The van der Waals surface area contributed by atoms with Crippen molar-refractivity contribution in [3.05, 3.63) is 71.0 Å². The molecule has 0 aliphatic carbocycles. The number of halogens is 2. The lowest BCUT2D eigenvalue weighted by atomic mass is 10.0. The van der Waals surface area contributed by atoms with Gasteiger partial charge in [-0.3, -0.25) is 0 Å². The Hall–Kier alpha value is -2.26. The Bertz CT molecular complexity index is 819. The van der Waals surface area contributed by atoms with Crippen LogP contribution >= 0.6 is 11.6 Å². The summed E-state index contributed by atoms with van der Waals surface area (Å²) in [7, 11) is 1.67. The maximum Gasteiger partial charge on any atom is 0.141 e. The SMILES string of the molecule is COc1ccc(CNc2ccc(F)c(Cl)c2)c2ccccc12. The van der Waals surface area contributed by atoms with E-state index in [4.69, 9.17) is 16.3 Å². The number of benzene rings is 3. The van der Waals surface area contributed by atoms with Crippen molar-refractivity contribution in [2.45, 2.75) is 6.54 Å². The average Bonchev–Trinajstić information content (AvgIpc) is 2.55. The maximum atomic E-state index is 13.2. The normalized spacial score (nSPS) is 10.7. The molecule has 0 saturated carbocycles. The molecule has 112 valence electrons. The molecule has 0 heterocycles. The minimum Gasteiger partial charge on any atom is -0.496 e. The van der Waals surface area contributed by atoms with Gasteiger partial charge in [0.2, 0.25) is 0 Å². The largest absolute Gasteiger partial charge is 0.496 e. The first kappa shape index (κ1) is 14.7. The fourth-order valence-corrected chi connectivity index (χ4v) is 2.65. The highest BCUT2D eigenvalue weighted by molar-refractivity contribution is 6.31. The van der Waals surface area contributed by atoms with Crippen LogP contribution in [0, 0.1) is 5.82 Å². The van der Waals surface area contributed by atoms with Gasteiger partial charge in [0, 0.05) is 17.6 Å². The minimum absolute atomic E-state index is 0.115. The zero-order valence-electron chi connectivity index (χ0n) is 12.1. The van der Waals surface area contributed by atoms with E-state index in [1.165, 1.54) is 6.07 Å². The molecular weight excluding hydrogens is 301 g/mol. The van der Waals surface area contributed by atoms with Crippen LogP contribution in [-0.4, -0.2) is 7.11 Å². The molecule has 0 aliphatic rings. The first-order valence-electron chi connectivity index (χ1n) is 6.92. The van der Waals surface area contributed by atoms with Gasteiger partial charge in [0.15, 0.2) is 0 Å². The molecule has 0 bridgehead atoms. The molecule has 0 aliphatic heterocycles. The Balaban J connectivity index is 1.89. The monoisotopic (exact) mass is 315 g/mol. The van der Waals surface area contributed by atoms with E-state index >= 15 is 0 Å². The summed E-state index contributed by atoms with van der Waals surface area (Å²) in [5.74, 6) is 0.436. The minimum atomic E-state index is -0.415. The van der Waals surface area contributed by atoms with E-state index in [0.717, 1.165) is 27.8 Å². The lowest BCUT2D eigenvalue weighted by Gasteiger charge is -2.12. The molecule has 22 heavy (non-hydrogen) atoms. The molecule has 1 N–H and O–H groups in total. The highest BCUT2D eigenvalue weighted by atomic mass is 35.5. The van der Waals surface area contributed by atoms with Crippen LogP contribution in [0.4, 0.5) is 10.1 Å². The van der Waals surface area contributed by atoms with Crippen molar-refractivity contribution in [2.75, 3.05) is 12.4 Å².